The van der Waals surface area contributed by atoms with Gasteiger partial charge >= 0.3 is 0 Å². The van der Waals surface area contributed by atoms with Crippen molar-refractivity contribution in [3.8, 4) is 11.5 Å². The summed E-state index contributed by atoms with van der Waals surface area (Å²) in [5, 5.41) is 7.57. The highest BCUT2D eigenvalue weighted by Crippen LogP contribution is 2.34. The van der Waals surface area contributed by atoms with Crippen molar-refractivity contribution in [2.75, 3.05) is 13.2 Å². The molecule has 0 aliphatic carbocycles. The van der Waals surface area contributed by atoms with Crippen molar-refractivity contribution in [1.29, 1.82) is 0 Å². The Morgan fingerprint density at radius 1 is 1.00 bits per heavy atom. The molecule has 1 aliphatic rings. The molecule has 0 unspecified atom stereocenters. The van der Waals surface area contributed by atoms with E-state index in [4.69, 9.17) is 9.47 Å². The lowest BCUT2D eigenvalue weighted by Crippen LogP contribution is -2.08. The van der Waals surface area contributed by atoms with Crippen molar-refractivity contribution in [3.05, 3.63) is 12.1 Å². The largest absolute Gasteiger partial charge is 0.490 e. The minimum Gasteiger partial charge on any atom is -0.490 e. The topological polar surface area (TPSA) is 57.4 Å². The molecular formula is C10H10N2O3. The van der Waals surface area contributed by atoms with E-state index in [1.54, 1.807) is 0 Å². The number of ether oxygens (including phenoxy) is 2. The van der Waals surface area contributed by atoms with E-state index >= 15 is 0 Å². The number of aromatic nitrogens is 2. The molecule has 1 aromatic carbocycles. The van der Waals surface area contributed by atoms with E-state index in [1.807, 2.05) is 12.1 Å². The lowest BCUT2D eigenvalue weighted by molar-refractivity contribution is 0.224. The fourth-order valence-electron chi connectivity index (χ4n) is 1.62. The summed E-state index contributed by atoms with van der Waals surface area (Å²) >= 11 is 0. The lowest BCUT2D eigenvalue weighted by Gasteiger charge is -2.15. The van der Waals surface area contributed by atoms with Gasteiger partial charge in [-0.05, 0) is 35.3 Å². The third kappa shape index (κ3) is 1.40. The Hall–Kier alpha value is -1.78. The van der Waals surface area contributed by atoms with Crippen LogP contribution in [-0.2, 0) is 0 Å². The highest BCUT2D eigenvalue weighted by atomic mass is 16.6. The van der Waals surface area contributed by atoms with Crippen molar-refractivity contribution >= 4 is 11.0 Å². The molecule has 2 heterocycles. The minimum absolute atomic E-state index is 0.634. The summed E-state index contributed by atoms with van der Waals surface area (Å²) < 4.78 is 15.9. The third-order valence-electron chi connectivity index (χ3n) is 2.39. The average molecular weight is 206 g/mol. The summed E-state index contributed by atoms with van der Waals surface area (Å²) in [5.41, 5.74) is 1.33. The highest BCUT2D eigenvalue weighted by Gasteiger charge is 2.16. The van der Waals surface area contributed by atoms with E-state index in [0.717, 1.165) is 18.6 Å². The molecule has 5 heteroatoms. The van der Waals surface area contributed by atoms with Crippen LogP contribution in [0.1, 0.15) is 12.8 Å². The summed E-state index contributed by atoms with van der Waals surface area (Å²) in [7, 11) is 0. The number of nitrogens with zero attached hydrogens (tertiary/aromatic N) is 2. The van der Waals surface area contributed by atoms with Crippen LogP contribution in [0.25, 0.3) is 11.0 Å². The third-order valence-corrected chi connectivity index (χ3v) is 2.39. The maximum atomic E-state index is 5.61. The summed E-state index contributed by atoms with van der Waals surface area (Å²) in [6.45, 7) is 1.40. The first kappa shape index (κ1) is 8.52. The second kappa shape index (κ2) is 3.42. The van der Waals surface area contributed by atoms with Crippen LogP contribution in [0.4, 0.5) is 0 Å². The number of benzene rings is 1. The first-order chi connectivity index (χ1) is 7.45. The summed E-state index contributed by atoms with van der Waals surface area (Å²) in [4.78, 5) is 0. The normalized spacial score (nSPS) is 16.0. The summed E-state index contributed by atoms with van der Waals surface area (Å²) in [6.07, 6.45) is 2.00. The van der Waals surface area contributed by atoms with Gasteiger partial charge in [0, 0.05) is 0 Å². The highest BCUT2D eigenvalue weighted by molar-refractivity contribution is 5.83. The van der Waals surface area contributed by atoms with E-state index in [1.165, 1.54) is 0 Å². The van der Waals surface area contributed by atoms with Crippen molar-refractivity contribution in [2.24, 2.45) is 0 Å². The van der Waals surface area contributed by atoms with Crippen LogP contribution in [0.5, 0.6) is 11.5 Å². The van der Waals surface area contributed by atoms with Crippen LogP contribution >= 0.6 is 0 Å². The van der Waals surface area contributed by atoms with Crippen LogP contribution in [0.2, 0.25) is 0 Å². The molecule has 0 bridgehead atoms. The van der Waals surface area contributed by atoms with Gasteiger partial charge in [0.25, 0.3) is 0 Å². The van der Waals surface area contributed by atoms with Crippen LogP contribution in [-0.4, -0.2) is 23.5 Å². The Kier molecular flexibility index (Phi) is 1.94. The molecule has 0 spiro atoms. The van der Waals surface area contributed by atoms with Gasteiger partial charge in [-0.15, -0.1) is 0 Å². The van der Waals surface area contributed by atoms with Gasteiger partial charge < -0.3 is 9.47 Å². The fraction of sp³-hybridized carbons (Fsp3) is 0.400. The predicted octanol–water partition coefficient (Wildman–Crippen LogP) is 1.77. The molecule has 0 saturated carbocycles. The lowest BCUT2D eigenvalue weighted by atomic mass is 10.2. The smallest absolute Gasteiger partial charge is 0.192 e. The Bertz CT molecular complexity index is 480. The molecule has 3 rings (SSSR count). The van der Waals surface area contributed by atoms with Gasteiger partial charge in [-0.1, -0.05) is 0 Å². The molecule has 0 N–H and O–H groups in total. The van der Waals surface area contributed by atoms with Gasteiger partial charge in [-0.2, -0.15) is 0 Å². The first-order valence-corrected chi connectivity index (χ1v) is 4.96. The number of rotatable bonds is 0. The zero-order valence-electron chi connectivity index (χ0n) is 8.10. The number of hydrogen-bond donors (Lipinski definition) is 0. The molecule has 1 aromatic heterocycles. The first-order valence-electron chi connectivity index (χ1n) is 4.96. The molecular weight excluding hydrogens is 196 g/mol. The standard InChI is InChI=1S/C10H10N2O3/c1-2-6-14-10-8(13-5-1)4-3-7-9(10)12-15-11-7/h3-4H,1-2,5-6H2. The molecule has 5 nitrogen and oxygen atoms in total. The number of fused-ring (bicyclic) bond motifs is 3. The van der Waals surface area contributed by atoms with E-state index in [0.29, 0.717) is 30.0 Å². The zero-order valence-corrected chi connectivity index (χ0v) is 8.10. The van der Waals surface area contributed by atoms with Crippen LogP contribution in [0, 0.1) is 0 Å². The van der Waals surface area contributed by atoms with Gasteiger partial charge in [-0.25, -0.2) is 4.63 Å². The molecule has 0 fully saturated rings. The monoisotopic (exact) mass is 206 g/mol. The quantitative estimate of drug-likeness (QED) is 0.657. The van der Waals surface area contributed by atoms with Crippen molar-refractivity contribution in [1.82, 2.24) is 10.3 Å². The molecule has 0 amide bonds. The second-order valence-electron chi connectivity index (χ2n) is 3.43. The second-order valence-corrected chi connectivity index (χ2v) is 3.43. The molecule has 2 aromatic rings. The SMILES string of the molecule is c1cc2nonc2c2c1OCCCCO2. The van der Waals surface area contributed by atoms with Gasteiger partial charge in [0.15, 0.2) is 17.0 Å². The van der Waals surface area contributed by atoms with Gasteiger partial charge in [0.05, 0.1) is 13.2 Å². The fourth-order valence-corrected chi connectivity index (χ4v) is 1.62. The minimum atomic E-state index is 0.634. The Morgan fingerprint density at radius 2 is 1.87 bits per heavy atom. The molecule has 15 heavy (non-hydrogen) atoms. The van der Waals surface area contributed by atoms with E-state index in [-0.39, 0.29) is 0 Å². The van der Waals surface area contributed by atoms with Crippen molar-refractivity contribution in [2.45, 2.75) is 12.8 Å². The molecule has 0 atom stereocenters. The van der Waals surface area contributed by atoms with Crippen LogP contribution in [0.3, 0.4) is 0 Å². The van der Waals surface area contributed by atoms with Crippen LogP contribution < -0.4 is 9.47 Å². The van der Waals surface area contributed by atoms with Gasteiger partial charge in [0.1, 0.15) is 5.52 Å². The maximum Gasteiger partial charge on any atom is 0.192 e. The predicted molar refractivity (Wildman–Crippen MR) is 52.0 cm³/mol. The van der Waals surface area contributed by atoms with Gasteiger partial charge in [0.2, 0.25) is 0 Å². The Labute approximate surface area is 85.9 Å². The van der Waals surface area contributed by atoms with Gasteiger partial charge in [-0.3, -0.25) is 0 Å². The summed E-state index contributed by atoms with van der Waals surface area (Å²) in [5.74, 6) is 1.37. The average Bonchev–Trinajstić information content (AvgIpc) is 2.65. The van der Waals surface area contributed by atoms with E-state index in [9.17, 15) is 0 Å². The van der Waals surface area contributed by atoms with Crippen LogP contribution in [0.15, 0.2) is 16.8 Å². The maximum absolute atomic E-state index is 5.61. The van der Waals surface area contributed by atoms with E-state index < -0.39 is 0 Å². The number of hydrogen-bond acceptors (Lipinski definition) is 5. The molecule has 78 valence electrons. The summed E-state index contributed by atoms with van der Waals surface area (Å²) in [6, 6.07) is 3.66. The molecule has 0 saturated heterocycles. The molecule has 0 radical (unpaired) electrons. The van der Waals surface area contributed by atoms with Crippen molar-refractivity contribution < 1.29 is 14.1 Å². The Morgan fingerprint density at radius 3 is 2.80 bits per heavy atom. The van der Waals surface area contributed by atoms with E-state index in [2.05, 4.69) is 14.9 Å². The van der Waals surface area contributed by atoms with Crippen molar-refractivity contribution in [3.63, 3.8) is 0 Å². The Balaban J connectivity index is 2.16. The zero-order chi connectivity index (χ0) is 10.1. The molecule has 1 aliphatic heterocycles.